The number of rotatable bonds is 6. The standard InChI is InChI=1S/C14H19N3O/c1-2-3-6-9-15-14(18)10-13-16-11-7-4-5-8-12(11)17-13/h4-5,7-8H,2-3,6,9-10H2,1H3,(H,15,18)(H,16,17). The summed E-state index contributed by atoms with van der Waals surface area (Å²) in [6.45, 7) is 2.91. The minimum absolute atomic E-state index is 0.0326. The van der Waals surface area contributed by atoms with Gasteiger partial charge in [-0.15, -0.1) is 0 Å². The number of carbonyl (C=O) groups excluding carboxylic acids is 1. The van der Waals surface area contributed by atoms with Crippen molar-refractivity contribution >= 4 is 16.9 Å². The van der Waals surface area contributed by atoms with E-state index in [1.807, 2.05) is 24.3 Å². The van der Waals surface area contributed by atoms with Gasteiger partial charge in [0.15, 0.2) is 0 Å². The molecule has 0 aliphatic carbocycles. The number of aromatic nitrogens is 2. The van der Waals surface area contributed by atoms with Gasteiger partial charge in [-0.2, -0.15) is 0 Å². The lowest BCUT2D eigenvalue weighted by Gasteiger charge is -2.02. The lowest BCUT2D eigenvalue weighted by atomic mass is 10.2. The van der Waals surface area contributed by atoms with Gasteiger partial charge in [-0.25, -0.2) is 4.98 Å². The van der Waals surface area contributed by atoms with Crippen molar-refractivity contribution < 1.29 is 4.79 Å². The van der Waals surface area contributed by atoms with E-state index in [-0.39, 0.29) is 5.91 Å². The number of nitrogens with zero attached hydrogens (tertiary/aromatic N) is 1. The highest BCUT2D eigenvalue weighted by Crippen LogP contribution is 2.10. The van der Waals surface area contributed by atoms with Gasteiger partial charge in [-0.05, 0) is 18.6 Å². The van der Waals surface area contributed by atoms with Crippen LogP contribution in [0.4, 0.5) is 0 Å². The lowest BCUT2D eigenvalue weighted by Crippen LogP contribution is -2.26. The molecule has 1 aromatic carbocycles. The Balaban J connectivity index is 1.86. The lowest BCUT2D eigenvalue weighted by molar-refractivity contribution is -0.120. The average molecular weight is 245 g/mol. The molecule has 0 aliphatic heterocycles. The van der Waals surface area contributed by atoms with Gasteiger partial charge in [0, 0.05) is 6.54 Å². The van der Waals surface area contributed by atoms with Crippen LogP contribution in [0.1, 0.15) is 32.0 Å². The Bertz CT molecular complexity index is 485. The van der Waals surface area contributed by atoms with Crippen molar-refractivity contribution in [2.45, 2.75) is 32.6 Å². The summed E-state index contributed by atoms with van der Waals surface area (Å²) in [7, 11) is 0. The summed E-state index contributed by atoms with van der Waals surface area (Å²) in [6.07, 6.45) is 3.69. The van der Waals surface area contributed by atoms with Crippen LogP contribution in [0.5, 0.6) is 0 Å². The first-order chi connectivity index (χ1) is 8.79. The van der Waals surface area contributed by atoms with Crippen LogP contribution in [0.3, 0.4) is 0 Å². The smallest absolute Gasteiger partial charge is 0.227 e. The van der Waals surface area contributed by atoms with E-state index in [0.717, 1.165) is 36.2 Å². The van der Waals surface area contributed by atoms with Gasteiger partial charge in [0.05, 0.1) is 17.5 Å². The van der Waals surface area contributed by atoms with Crippen molar-refractivity contribution in [3.05, 3.63) is 30.1 Å². The molecule has 0 atom stereocenters. The second-order valence-corrected chi connectivity index (χ2v) is 4.43. The number of aromatic amines is 1. The highest BCUT2D eigenvalue weighted by Gasteiger charge is 2.07. The number of imidazole rings is 1. The maximum absolute atomic E-state index is 11.7. The fraction of sp³-hybridized carbons (Fsp3) is 0.429. The van der Waals surface area contributed by atoms with Crippen LogP contribution in [-0.2, 0) is 11.2 Å². The minimum atomic E-state index is 0.0326. The molecule has 1 amide bonds. The molecule has 18 heavy (non-hydrogen) atoms. The summed E-state index contributed by atoms with van der Waals surface area (Å²) in [5.74, 6) is 0.759. The molecule has 0 aliphatic rings. The number of amides is 1. The minimum Gasteiger partial charge on any atom is -0.356 e. The Morgan fingerprint density at radius 2 is 2.17 bits per heavy atom. The van der Waals surface area contributed by atoms with Crippen molar-refractivity contribution in [1.82, 2.24) is 15.3 Å². The number of carbonyl (C=O) groups is 1. The zero-order chi connectivity index (χ0) is 12.8. The van der Waals surface area contributed by atoms with Gasteiger partial charge in [0.2, 0.25) is 5.91 Å². The Morgan fingerprint density at radius 3 is 2.94 bits per heavy atom. The molecule has 0 saturated heterocycles. The summed E-state index contributed by atoms with van der Waals surface area (Å²) in [4.78, 5) is 19.2. The van der Waals surface area contributed by atoms with E-state index in [9.17, 15) is 4.79 Å². The zero-order valence-electron chi connectivity index (χ0n) is 10.7. The third-order valence-electron chi connectivity index (χ3n) is 2.87. The molecule has 0 saturated carbocycles. The van der Waals surface area contributed by atoms with E-state index in [4.69, 9.17) is 0 Å². The molecule has 2 N–H and O–H groups in total. The molecule has 96 valence electrons. The maximum Gasteiger partial charge on any atom is 0.227 e. The molecule has 2 aromatic rings. The predicted molar refractivity (Wildman–Crippen MR) is 72.3 cm³/mol. The van der Waals surface area contributed by atoms with Gasteiger partial charge in [0.25, 0.3) is 0 Å². The van der Waals surface area contributed by atoms with E-state index < -0.39 is 0 Å². The third kappa shape index (κ3) is 3.32. The van der Waals surface area contributed by atoms with E-state index >= 15 is 0 Å². The molecule has 0 bridgehead atoms. The van der Waals surface area contributed by atoms with Crippen LogP contribution in [0.2, 0.25) is 0 Å². The number of H-pyrrole nitrogens is 1. The molecule has 0 radical (unpaired) electrons. The first kappa shape index (κ1) is 12.6. The molecule has 2 rings (SSSR count). The summed E-state index contributed by atoms with van der Waals surface area (Å²) >= 11 is 0. The van der Waals surface area contributed by atoms with Crippen molar-refractivity contribution in [3.8, 4) is 0 Å². The van der Waals surface area contributed by atoms with Gasteiger partial charge < -0.3 is 10.3 Å². The van der Waals surface area contributed by atoms with E-state index in [1.165, 1.54) is 6.42 Å². The van der Waals surface area contributed by atoms with Crippen molar-refractivity contribution in [3.63, 3.8) is 0 Å². The SMILES string of the molecule is CCCCCNC(=O)Cc1nc2ccccc2[nH]1. The van der Waals surface area contributed by atoms with Crippen LogP contribution >= 0.6 is 0 Å². The molecular weight excluding hydrogens is 226 g/mol. The van der Waals surface area contributed by atoms with Crippen molar-refractivity contribution in [2.24, 2.45) is 0 Å². The highest BCUT2D eigenvalue weighted by atomic mass is 16.1. The van der Waals surface area contributed by atoms with E-state index in [2.05, 4.69) is 22.2 Å². The summed E-state index contributed by atoms with van der Waals surface area (Å²) in [5.41, 5.74) is 1.89. The molecular formula is C14H19N3O. The molecule has 0 unspecified atom stereocenters. The Kier molecular flexibility index (Phi) is 4.34. The fourth-order valence-corrected chi connectivity index (χ4v) is 1.91. The normalized spacial score (nSPS) is 10.7. The number of hydrogen-bond donors (Lipinski definition) is 2. The topological polar surface area (TPSA) is 57.8 Å². The number of fused-ring (bicyclic) bond motifs is 1. The highest BCUT2D eigenvalue weighted by molar-refractivity contribution is 5.80. The largest absolute Gasteiger partial charge is 0.356 e. The van der Waals surface area contributed by atoms with Gasteiger partial charge in [-0.1, -0.05) is 31.9 Å². The van der Waals surface area contributed by atoms with Crippen LogP contribution in [-0.4, -0.2) is 22.4 Å². The number of unbranched alkanes of at least 4 members (excludes halogenated alkanes) is 2. The first-order valence-corrected chi connectivity index (χ1v) is 6.50. The third-order valence-corrected chi connectivity index (χ3v) is 2.87. The number of nitrogens with one attached hydrogen (secondary N) is 2. The van der Waals surface area contributed by atoms with Crippen LogP contribution < -0.4 is 5.32 Å². The molecule has 0 spiro atoms. The Hall–Kier alpha value is -1.84. The molecule has 1 aromatic heterocycles. The first-order valence-electron chi connectivity index (χ1n) is 6.50. The predicted octanol–water partition coefficient (Wildman–Crippen LogP) is 2.41. The van der Waals surface area contributed by atoms with Gasteiger partial charge in [-0.3, -0.25) is 4.79 Å². The monoisotopic (exact) mass is 245 g/mol. The fourth-order valence-electron chi connectivity index (χ4n) is 1.91. The Morgan fingerprint density at radius 1 is 1.33 bits per heavy atom. The number of hydrogen-bond acceptors (Lipinski definition) is 2. The van der Waals surface area contributed by atoms with E-state index in [0.29, 0.717) is 6.42 Å². The molecule has 4 nitrogen and oxygen atoms in total. The number of para-hydroxylation sites is 2. The van der Waals surface area contributed by atoms with Crippen molar-refractivity contribution in [2.75, 3.05) is 6.54 Å². The molecule has 1 heterocycles. The summed E-state index contributed by atoms with van der Waals surface area (Å²) in [5, 5.41) is 2.91. The molecule has 0 fully saturated rings. The Labute approximate surface area is 107 Å². The average Bonchev–Trinajstić information content (AvgIpc) is 2.76. The maximum atomic E-state index is 11.7. The zero-order valence-corrected chi connectivity index (χ0v) is 10.7. The summed E-state index contributed by atoms with van der Waals surface area (Å²) in [6, 6.07) is 7.80. The van der Waals surface area contributed by atoms with Gasteiger partial charge in [0.1, 0.15) is 5.82 Å². The van der Waals surface area contributed by atoms with Crippen molar-refractivity contribution in [1.29, 1.82) is 0 Å². The quantitative estimate of drug-likeness (QED) is 0.768. The second-order valence-electron chi connectivity index (χ2n) is 4.43. The van der Waals surface area contributed by atoms with Crippen LogP contribution in [0.15, 0.2) is 24.3 Å². The molecule has 4 heteroatoms. The number of benzene rings is 1. The van der Waals surface area contributed by atoms with Gasteiger partial charge >= 0.3 is 0 Å². The second kappa shape index (κ2) is 6.19. The summed E-state index contributed by atoms with van der Waals surface area (Å²) < 4.78 is 0. The van der Waals surface area contributed by atoms with Crippen LogP contribution in [0.25, 0.3) is 11.0 Å². The van der Waals surface area contributed by atoms with E-state index in [1.54, 1.807) is 0 Å². The van der Waals surface area contributed by atoms with Crippen LogP contribution in [0, 0.1) is 0 Å².